The lowest BCUT2D eigenvalue weighted by atomic mass is 10.1. The molecule has 0 aliphatic rings. The Balaban J connectivity index is 1.66. The van der Waals surface area contributed by atoms with Crippen molar-refractivity contribution in [1.29, 1.82) is 0 Å². The molecule has 0 atom stereocenters. The fourth-order valence-corrected chi connectivity index (χ4v) is 1.87. The van der Waals surface area contributed by atoms with E-state index in [1.807, 2.05) is 30.3 Å². The summed E-state index contributed by atoms with van der Waals surface area (Å²) in [4.78, 5) is 0. The molecule has 2 N–H and O–H groups in total. The molecule has 0 bridgehead atoms. The lowest BCUT2D eigenvalue weighted by Gasteiger charge is -2.07. The highest BCUT2D eigenvalue weighted by molar-refractivity contribution is 5.45. The molecule has 2 aromatic rings. The summed E-state index contributed by atoms with van der Waals surface area (Å²) in [7, 11) is 0. The average molecular weight is 241 g/mol. The number of aryl methyl sites for hydroxylation is 1. The number of nitrogens with two attached hydrogens (primary N) is 1. The predicted molar refractivity (Wildman–Crippen MR) is 75.3 cm³/mol. The first-order chi connectivity index (χ1) is 8.86. The molecule has 18 heavy (non-hydrogen) atoms. The SMILES string of the molecule is Nc1ccccc1COCCCc1ccccc1. The van der Waals surface area contributed by atoms with Crippen LogP contribution in [0.2, 0.25) is 0 Å². The number of rotatable bonds is 6. The Morgan fingerprint density at radius 2 is 1.61 bits per heavy atom. The van der Waals surface area contributed by atoms with E-state index in [4.69, 9.17) is 10.5 Å². The third kappa shape index (κ3) is 3.90. The summed E-state index contributed by atoms with van der Waals surface area (Å²) < 4.78 is 5.64. The quantitative estimate of drug-likeness (QED) is 0.621. The normalized spacial score (nSPS) is 10.4. The van der Waals surface area contributed by atoms with Gasteiger partial charge in [0.15, 0.2) is 0 Å². The number of nitrogen functional groups attached to an aromatic ring is 1. The van der Waals surface area contributed by atoms with E-state index in [-0.39, 0.29) is 0 Å². The maximum Gasteiger partial charge on any atom is 0.0736 e. The van der Waals surface area contributed by atoms with Crippen LogP contribution in [-0.2, 0) is 17.8 Å². The summed E-state index contributed by atoms with van der Waals surface area (Å²) in [5.74, 6) is 0. The number of anilines is 1. The van der Waals surface area contributed by atoms with Crippen LogP contribution in [0.4, 0.5) is 5.69 Å². The molecule has 94 valence electrons. The molecule has 2 rings (SSSR count). The van der Waals surface area contributed by atoms with Crippen LogP contribution in [0, 0.1) is 0 Å². The van der Waals surface area contributed by atoms with E-state index in [0.717, 1.165) is 30.7 Å². The van der Waals surface area contributed by atoms with Gasteiger partial charge in [-0.1, -0.05) is 48.5 Å². The van der Waals surface area contributed by atoms with Crippen LogP contribution in [0.25, 0.3) is 0 Å². The van der Waals surface area contributed by atoms with Crippen LogP contribution in [0.3, 0.4) is 0 Å². The molecule has 0 aliphatic carbocycles. The van der Waals surface area contributed by atoms with Gasteiger partial charge in [0.25, 0.3) is 0 Å². The van der Waals surface area contributed by atoms with E-state index in [1.54, 1.807) is 0 Å². The van der Waals surface area contributed by atoms with Gasteiger partial charge in [-0.2, -0.15) is 0 Å². The molecular formula is C16H19NO. The van der Waals surface area contributed by atoms with Gasteiger partial charge in [0.1, 0.15) is 0 Å². The van der Waals surface area contributed by atoms with Crippen molar-refractivity contribution in [2.75, 3.05) is 12.3 Å². The van der Waals surface area contributed by atoms with Crippen LogP contribution in [0.15, 0.2) is 54.6 Å². The fourth-order valence-electron chi connectivity index (χ4n) is 1.87. The topological polar surface area (TPSA) is 35.2 Å². The largest absolute Gasteiger partial charge is 0.398 e. The molecule has 0 aliphatic heterocycles. The van der Waals surface area contributed by atoms with Crippen molar-refractivity contribution in [2.24, 2.45) is 0 Å². The molecule has 0 saturated carbocycles. The Labute approximate surface area is 108 Å². The van der Waals surface area contributed by atoms with Gasteiger partial charge in [0.2, 0.25) is 0 Å². The molecule has 0 spiro atoms. The number of ether oxygens (including phenoxy) is 1. The minimum atomic E-state index is 0.599. The Morgan fingerprint density at radius 3 is 2.39 bits per heavy atom. The van der Waals surface area contributed by atoms with Crippen molar-refractivity contribution >= 4 is 5.69 Å². The smallest absolute Gasteiger partial charge is 0.0736 e. The highest BCUT2D eigenvalue weighted by Crippen LogP contribution is 2.11. The van der Waals surface area contributed by atoms with E-state index in [0.29, 0.717) is 6.61 Å². The molecule has 0 heterocycles. The number of para-hydroxylation sites is 1. The second kappa shape index (κ2) is 6.82. The average Bonchev–Trinajstić information content (AvgIpc) is 2.42. The Morgan fingerprint density at radius 1 is 0.889 bits per heavy atom. The minimum Gasteiger partial charge on any atom is -0.398 e. The zero-order valence-corrected chi connectivity index (χ0v) is 10.5. The molecule has 2 aromatic carbocycles. The van der Waals surface area contributed by atoms with E-state index in [9.17, 15) is 0 Å². The van der Waals surface area contributed by atoms with Gasteiger partial charge in [-0.15, -0.1) is 0 Å². The molecule has 0 saturated heterocycles. The summed E-state index contributed by atoms with van der Waals surface area (Å²) >= 11 is 0. The van der Waals surface area contributed by atoms with E-state index >= 15 is 0 Å². The lowest BCUT2D eigenvalue weighted by molar-refractivity contribution is 0.119. The third-order valence-corrected chi connectivity index (χ3v) is 2.91. The lowest BCUT2D eigenvalue weighted by Crippen LogP contribution is -2.00. The fraction of sp³-hybridized carbons (Fsp3) is 0.250. The predicted octanol–water partition coefficient (Wildman–Crippen LogP) is 3.42. The van der Waals surface area contributed by atoms with Crippen LogP contribution < -0.4 is 5.73 Å². The molecule has 0 aromatic heterocycles. The summed E-state index contributed by atoms with van der Waals surface area (Å²) in [6.45, 7) is 1.37. The molecule has 0 fully saturated rings. The van der Waals surface area contributed by atoms with Crippen molar-refractivity contribution in [3.05, 3.63) is 65.7 Å². The summed E-state index contributed by atoms with van der Waals surface area (Å²) in [5.41, 5.74) is 9.08. The molecular weight excluding hydrogens is 222 g/mol. The first-order valence-electron chi connectivity index (χ1n) is 6.31. The van der Waals surface area contributed by atoms with Crippen molar-refractivity contribution in [1.82, 2.24) is 0 Å². The zero-order valence-electron chi connectivity index (χ0n) is 10.5. The maximum absolute atomic E-state index is 5.85. The van der Waals surface area contributed by atoms with Gasteiger partial charge in [0.05, 0.1) is 6.61 Å². The zero-order chi connectivity index (χ0) is 12.6. The van der Waals surface area contributed by atoms with Gasteiger partial charge in [-0.05, 0) is 24.5 Å². The second-order valence-corrected chi connectivity index (χ2v) is 4.34. The molecule has 2 nitrogen and oxygen atoms in total. The summed E-state index contributed by atoms with van der Waals surface area (Å²) in [5, 5.41) is 0. The van der Waals surface area contributed by atoms with Crippen LogP contribution in [0.1, 0.15) is 17.5 Å². The van der Waals surface area contributed by atoms with Crippen LogP contribution >= 0.6 is 0 Å². The monoisotopic (exact) mass is 241 g/mol. The minimum absolute atomic E-state index is 0.599. The van der Waals surface area contributed by atoms with Crippen molar-refractivity contribution in [3.63, 3.8) is 0 Å². The van der Waals surface area contributed by atoms with Crippen LogP contribution in [-0.4, -0.2) is 6.61 Å². The van der Waals surface area contributed by atoms with E-state index in [1.165, 1.54) is 5.56 Å². The summed E-state index contributed by atoms with van der Waals surface area (Å²) in [6, 6.07) is 18.3. The maximum atomic E-state index is 5.85. The van der Waals surface area contributed by atoms with Crippen molar-refractivity contribution < 1.29 is 4.74 Å². The standard InChI is InChI=1S/C16H19NO/c17-16-11-5-4-10-15(16)13-18-12-6-9-14-7-2-1-3-8-14/h1-5,7-8,10-11H,6,9,12-13,17H2. The van der Waals surface area contributed by atoms with E-state index < -0.39 is 0 Å². The van der Waals surface area contributed by atoms with Gasteiger partial charge >= 0.3 is 0 Å². The van der Waals surface area contributed by atoms with E-state index in [2.05, 4.69) is 24.3 Å². The van der Waals surface area contributed by atoms with Crippen molar-refractivity contribution in [2.45, 2.75) is 19.4 Å². The Bertz CT molecular complexity index is 468. The second-order valence-electron chi connectivity index (χ2n) is 4.34. The number of hydrogen-bond acceptors (Lipinski definition) is 2. The highest BCUT2D eigenvalue weighted by atomic mass is 16.5. The van der Waals surface area contributed by atoms with Crippen LogP contribution in [0.5, 0.6) is 0 Å². The molecule has 2 heteroatoms. The first kappa shape index (κ1) is 12.7. The van der Waals surface area contributed by atoms with Gasteiger partial charge in [-0.25, -0.2) is 0 Å². The molecule has 0 unspecified atom stereocenters. The Hall–Kier alpha value is -1.80. The third-order valence-electron chi connectivity index (χ3n) is 2.91. The van der Waals surface area contributed by atoms with Crippen molar-refractivity contribution in [3.8, 4) is 0 Å². The first-order valence-corrected chi connectivity index (χ1v) is 6.31. The van der Waals surface area contributed by atoms with Gasteiger partial charge in [0, 0.05) is 17.9 Å². The Kier molecular flexibility index (Phi) is 4.79. The molecule has 0 amide bonds. The number of hydrogen-bond donors (Lipinski definition) is 1. The van der Waals surface area contributed by atoms with Gasteiger partial charge < -0.3 is 10.5 Å². The molecule has 0 radical (unpaired) electrons. The van der Waals surface area contributed by atoms with Gasteiger partial charge in [-0.3, -0.25) is 0 Å². The number of benzene rings is 2. The highest BCUT2D eigenvalue weighted by Gasteiger charge is 1.98. The summed E-state index contributed by atoms with van der Waals surface area (Å²) in [6.07, 6.45) is 2.10.